The lowest BCUT2D eigenvalue weighted by Crippen LogP contribution is -2.14. The molecule has 12 heavy (non-hydrogen) atoms. The number of rotatable bonds is 1. The molecule has 0 atom stereocenters. The van der Waals surface area contributed by atoms with Crippen LogP contribution in [-0.2, 0) is 9.59 Å². The molecule has 0 aromatic carbocycles. The Labute approximate surface area is 67.2 Å². The molecule has 0 fully saturated rings. The molecule has 1 aliphatic rings. The van der Waals surface area contributed by atoms with E-state index in [9.17, 15) is 9.59 Å². The molecule has 0 aromatic heterocycles. The second-order valence-electron chi connectivity index (χ2n) is 2.31. The van der Waals surface area contributed by atoms with Gasteiger partial charge < -0.3 is 15.3 Å². The minimum absolute atomic E-state index is 0.227. The summed E-state index contributed by atoms with van der Waals surface area (Å²) in [5, 5.41) is 26.1. The van der Waals surface area contributed by atoms with Crippen LogP contribution in [0.5, 0.6) is 0 Å². The fourth-order valence-corrected chi connectivity index (χ4v) is 0.821. The summed E-state index contributed by atoms with van der Waals surface area (Å²) in [6, 6.07) is 0. The highest BCUT2D eigenvalue weighted by molar-refractivity contribution is 6.08. The van der Waals surface area contributed by atoms with Gasteiger partial charge in [-0.3, -0.25) is 4.79 Å². The van der Waals surface area contributed by atoms with E-state index in [0.29, 0.717) is 0 Å². The minimum atomic E-state index is -1.28. The van der Waals surface area contributed by atoms with Crippen LogP contribution in [0.15, 0.2) is 23.2 Å². The molecule has 0 heterocycles. The van der Waals surface area contributed by atoms with E-state index in [1.807, 2.05) is 0 Å². The maximum absolute atomic E-state index is 10.7. The van der Waals surface area contributed by atoms with Gasteiger partial charge in [0.15, 0.2) is 0 Å². The van der Waals surface area contributed by atoms with Crippen molar-refractivity contribution in [2.75, 3.05) is 0 Å². The maximum atomic E-state index is 10.7. The third-order valence-corrected chi connectivity index (χ3v) is 1.44. The molecular weight excluding hydrogens is 164 g/mol. The molecule has 5 heteroatoms. The van der Waals surface area contributed by atoms with Gasteiger partial charge in [-0.25, -0.2) is 4.79 Å². The molecule has 0 aromatic rings. The largest absolute Gasteiger partial charge is 0.508 e. The van der Waals surface area contributed by atoms with E-state index in [1.54, 1.807) is 0 Å². The zero-order chi connectivity index (χ0) is 9.30. The number of ketones is 1. The Bertz CT molecular complexity index is 310. The molecular formula is C7H6O5. The molecule has 1 rings (SSSR count). The first-order chi connectivity index (χ1) is 5.52. The number of hydrogen-bond donors (Lipinski definition) is 3. The number of carboxylic acids is 1. The molecule has 5 nitrogen and oxygen atoms in total. The van der Waals surface area contributed by atoms with Gasteiger partial charge in [-0.05, 0) is 0 Å². The van der Waals surface area contributed by atoms with E-state index in [-0.39, 0.29) is 12.0 Å². The molecule has 0 amide bonds. The summed E-state index contributed by atoms with van der Waals surface area (Å²) in [6.45, 7) is 0. The summed E-state index contributed by atoms with van der Waals surface area (Å²) in [7, 11) is 0. The molecule has 0 saturated carbocycles. The number of carboxylic acid groups (broad SMARTS) is 1. The Morgan fingerprint density at radius 2 is 2.00 bits per heavy atom. The number of carbonyl (C=O) groups is 2. The van der Waals surface area contributed by atoms with Crippen LogP contribution in [0.3, 0.4) is 0 Å². The summed E-state index contributed by atoms with van der Waals surface area (Å²) in [5.74, 6) is -3.53. The maximum Gasteiger partial charge on any atom is 0.332 e. The Balaban J connectivity index is 2.98. The summed E-state index contributed by atoms with van der Waals surface area (Å²) < 4.78 is 0. The van der Waals surface area contributed by atoms with Gasteiger partial charge in [-0.2, -0.15) is 0 Å². The van der Waals surface area contributed by atoms with E-state index in [2.05, 4.69) is 0 Å². The molecule has 0 aliphatic heterocycles. The fraction of sp³-hybridized carbons (Fsp3) is 0.143. The first-order valence-corrected chi connectivity index (χ1v) is 3.11. The van der Waals surface area contributed by atoms with Crippen LogP contribution in [0.1, 0.15) is 6.42 Å². The molecule has 64 valence electrons. The van der Waals surface area contributed by atoms with Crippen molar-refractivity contribution >= 4 is 11.8 Å². The predicted molar refractivity (Wildman–Crippen MR) is 37.6 cm³/mol. The molecule has 1 aliphatic carbocycles. The van der Waals surface area contributed by atoms with Crippen LogP contribution in [0, 0.1) is 0 Å². The number of aliphatic carboxylic acids is 1. The fourth-order valence-electron chi connectivity index (χ4n) is 0.821. The van der Waals surface area contributed by atoms with E-state index < -0.39 is 23.3 Å². The summed E-state index contributed by atoms with van der Waals surface area (Å²) in [5.41, 5.74) is -0.227. The van der Waals surface area contributed by atoms with E-state index >= 15 is 0 Å². The van der Waals surface area contributed by atoms with Crippen molar-refractivity contribution in [2.45, 2.75) is 6.42 Å². The second-order valence-corrected chi connectivity index (χ2v) is 2.31. The predicted octanol–water partition coefficient (Wildman–Crippen LogP) is 0.298. The van der Waals surface area contributed by atoms with Crippen molar-refractivity contribution in [3.63, 3.8) is 0 Å². The first-order valence-electron chi connectivity index (χ1n) is 3.11. The zero-order valence-electron chi connectivity index (χ0n) is 5.94. The Hall–Kier alpha value is -1.78. The van der Waals surface area contributed by atoms with Gasteiger partial charge in [-0.15, -0.1) is 0 Å². The lowest BCUT2D eigenvalue weighted by atomic mass is 10.0. The van der Waals surface area contributed by atoms with Gasteiger partial charge in [0.2, 0.25) is 11.5 Å². The third-order valence-electron chi connectivity index (χ3n) is 1.44. The lowest BCUT2D eigenvalue weighted by molar-refractivity contribution is -0.133. The Morgan fingerprint density at radius 1 is 1.42 bits per heavy atom. The van der Waals surface area contributed by atoms with Gasteiger partial charge in [-0.1, -0.05) is 0 Å². The van der Waals surface area contributed by atoms with E-state index in [1.165, 1.54) is 0 Å². The molecule has 0 bridgehead atoms. The normalized spacial score (nSPS) is 17.7. The van der Waals surface area contributed by atoms with Gasteiger partial charge in [0, 0.05) is 18.1 Å². The van der Waals surface area contributed by atoms with Gasteiger partial charge in [0.25, 0.3) is 0 Å². The Morgan fingerprint density at radius 3 is 2.42 bits per heavy atom. The third kappa shape index (κ3) is 1.29. The molecule has 0 radical (unpaired) electrons. The smallest absolute Gasteiger partial charge is 0.332 e. The summed E-state index contributed by atoms with van der Waals surface area (Å²) in [6.07, 6.45) is 0.476. The molecule has 0 spiro atoms. The van der Waals surface area contributed by atoms with Crippen molar-refractivity contribution in [3.8, 4) is 0 Å². The molecule has 0 unspecified atom stereocenters. The average Bonchev–Trinajstić information content (AvgIpc) is 1.99. The SMILES string of the molecule is O=C(O)C1=CC(=O)C(O)=C(O)C1. The van der Waals surface area contributed by atoms with Crippen LogP contribution >= 0.6 is 0 Å². The minimum Gasteiger partial charge on any atom is -0.508 e. The number of aliphatic hydroxyl groups is 2. The van der Waals surface area contributed by atoms with Gasteiger partial charge >= 0.3 is 5.97 Å². The topological polar surface area (TPSA) is 94.8 Å². The van der Waals surface area contributed by atoms with Gasteiger partial charge in [0.05, 0.1) is 0 Å². The number of allylic oxidation sites excluding steroid dienone is 2. The van der Waals surface area contributed by atoms with Gasteiger partial charge in [0.1, 0.15) is 5.76 Å². The quantitative estimate of drug-likeness (QED) is 0.526. The molecule has 0 saturated heterocycles. The number of aliphatic hydroxyl groups excluding tert-OH is 2. The van der Waals surface area contributed by atoms with Crippen LogP contribution in [-0.4, -0.2) is 27.1 Å². The van der Waals surface area contributed by atoms with E-state index in [0.717, 1.165) is 6.08 Å². The summed E-state index contributed by atoms with van der Waals surface area (Å²) in [4.78, 5) is 21.0. The average molecular weight is 170 g/mol. The van der Waals surface area contributed by atoms with Crippen LogP contribution in [0.2, 0.25) is 0 Å². The monoisotopic (exact) mass is 170 g/mol. The highest BCUT2D eigenvalue weighted by Gasteiger charge is 2.23. The van der Waals surface area contributed by atoms with Crippen molar-refractivity contribution in [3.05, 3.63) is 23.2 Å². The van der Waals surface area contributed by atoms with Crippen LogP contribution in [0.4, 0.5) is 0 Å². The van der Waals surface area contributed by atoms with Crippen LogP contribution < -0.4 is 0 Å². The van der Waals surface area contributed by atoms with Crippen molar-refractivity contribution in [2.24, 2.45) is 0 Å². The van der Waals surface area contributed by atoms with E-state index in [4.69, 9.17) is 15.3 Å². The highest BCUT2D eigenvalue weighted by Crippen LogP contribution is 2.18. The second kappa shape index (κ2) is 2.69. The highest BCUT2D eigenvalue weighted by atomic mass is 16.4. The Kier molecular flexibility index (Phi) is 1.86. The van der Waals surface area contributed by atoms with Crippen LogP contribution in [0.25, 0.3) is 0 Å². The number of carbonyl (C=O) groups excluding carboxylic acids is 1. The number of hydrogen-bond acceptors (Lipinski definition) is 4. The summed E-state index contributed by atoms with van der Waals surface area (Å²) >= 11 is 0. The first kappa shape index (κ1) is 8.32. The van der Waals surface area contributed by atoms with Crippen molar-refractivity contribution < 1.29 is 24.9 Å². The lowest BCUT2D eigenvalue weighted by Gasteiger charge is -2.08. The molecule has 3 N–H and O–H groups in total. The van der Waals surface area contributed by atoms with Crippen molar-refractivity contribution in [1.82, 2.24) is 0 Å². The zero-order valence-corrected chi connectivity index (χ0v) is 5.94. The van der Waals surface area contributed by atoms with Crippen molar-refractivity contribution in [1.29, 1.82) is 0 Å². The standard InChI is InChI=1S/C7H6O5/c8-4-1-3(7(11)12)2-5(9)6(4)10/h1,9-10H,2H2,(H,11,12).